The van der Waals surface area contributed by atoms with E-state index in [9.17, 15) is 9.59 Å². The minimum Gasteiger partial charge on any atom is -0.373 e. The number of rotatable bonds is 5. The third-order valence-corrected chi connectivity index (χ3v) is 3.93. The number of carbonyl (C=O) groups is 1. The smallest absolute Gasteiger partial charge is 0.267 e. The highest BCUT2D eigenvalue weighted by Gasteiger charge is 2.09. The summed E-state index contributed by atoms with van der Waals surface area (Å²) in [7, 11) is 1.97. The van der Waals surface area contributed by atoms with Crippen LogP contribution >= 0.6 is 0 Å². The molecule has 0 aliphatic rings. The fourth-order valence-corrected chi connectivity index (χ4v) is 2.58. The van der Waals surface area contributed by atoms with Crippen molar-refractivity contribution in [1.29, 1.82) is 0 Å². The summed E-state index contributed by atoms with van der Waals surface area (Å²) in [6, 6.07) is 18.9. The normalized spacial score (nSPS) is 10.5. The molecule has 0 aliphatic heterocycles. The Kier molecular flexibility index (Phi) is 4.61. The number of aromatic nitrogens is 1. The summed E-state index contributed by atoms with van der Waals surface area (Å²) in [6.45, 7) is 1.16. The number of carbonyl (C=O) groups excluding carboxylic acids is 1. The highest BCUT2D eigenvalue weighted by atomic mass is 16.2. The summed E-state index contributed by atoms with van der Waals surface area (Å²) >= 11 is 0. The molecule has 0 aliphatic carbocycles. The molecule has 2 aromatic carbocycles. The summed E-state index contributed by atoms with van der Waals surface area (Å²) in [5.74, 6) is -0.278. The molecule has 24 heavy (non-hydrogen) atoms. The molecule has 1 aromatic heterocycles. The number of para-hydroxylation sites is 1. The van der Waals surface area contributed by atoms with E-state index in [1.54, 1.807) is 18.2 Å². The van der Waals surface area contributed by atoms with Crippen LogP contribution in [0.1, 0.15) is 10.5 Å². The van der Waals surface area contributed by atoms with Crippen LogP contribution in [0.5, 0.6) is 0 Å². The van der Waals surface area contributed by atoms with E-state index in [-0.39, 0.29) is 17.2 Å². The fourth-order valence-electron chi connectivity index (χ4n) is 2.58. The lowest BCUT2D eigenvalue weighted by Gasteiger charge is -2.19. The van der Waals surface area contributed by atoms with Gasteiger partial charge in [0.05, 0.1) is 0 Å². The molecule has 2 N–H and O–H groups in total. The summed E-state index contributed by atoms with van der Waals surface area (Å²) in [5.41, 5.74) is 1.12. The second-order valence-electron chi connectivity index (χ2n) is 5.61. The number of amides is 1. The SMILES string of the molecule is CN(CCNC(=O)c1cc2ccccc2c(=O)[nH]1)c1ccccc1. The highest BCUT2D eigenvalue weighted by Crippen LogP contribution is 2.11. The van der Waals surface area contributed by atoms with Crippen molar-refractivity contribution in [2.45, 2.75) is 0 Å². The molecule has 0 bridgehead atoms. The Morgan fingerprint density at radius 2 is 1.79 bits per heavy atom. The largest absolute Gasteiger partial charge is 0.373 e. The molecule has 3 aromatic rings. The predicted molar refractivity (Wildman–Crippen MR) is 96.6 cm³/mol. The third kappa shape index (κ3) is 3.46. The second kappa shape index (κ2) is 7.00. The fraction of sp³-hybridized carbons (Fsp3) is 0.158. The molecule has 0 radical (unpaired) electrons. The molecule has 122 valence electrons. The van der Waals surface area contributed by atoms with Crippen LogP contribution in [0.3, 0.4) is 0 Å². The van der Waals surface area contributed by atoms with Crippen LogP contribution in [0.4, 0.5) is 5.69 Å². The zero-order chi connectivity index (χ0) is 16.9. The number of nitrogens with zero attached hydrogens (tertiary/aromatic N) is 1. The number of hydrogen-bond acceptors (Lipinski definition) is 3. The van der Waals surface area contributed by atoms with Crippen molar-refractivity contribution in [2.24, 2.45) is 0 Å². The Balaban J connectivity index is 1.64. The van der Waals surface area contributed by atoms with E-state index in [4.69, 9.17) is 0 Å². The zero-order valence-electron chi connectivity index (χ0n) is 13.5. The number of nitrogens with one attached hydrogen (secondary N) is 2. The van der Waals surface area contributed by atoms with Gasteiger partial charge in [-0.15, -0.1) is 0 Å². The number of fused-ring (bicyclic) bond motifs is 1. The van der Waals surface area contributed by atoms with Crippen molar-refractivity contribution in [3.8, 4) is 0 Å². The molecule has 1 amide bonds. The first kappa shape index (κ1) is 15.8. The number of likely N-dealkylation sites (N-methyl/N-ethyl adjacent to an activating group) is 1. The van der Waals surface area contributed by atoms with Gasteiger partial charge >= 0.3 is 0 Å². The van der Waals surface area contributed by atoms with E-state index in [2.05, 4.69) is 15.2 Å². The Morgan fingerprint density at radius 3 is 2.58 bits per heavy atom. The second-order valence-corrected chi connectivity index (χ2v) is 5.61. The minimum absolute atomic E-state index is 0.250. The van der Waals surface area contributed by atoms with Gasteiger partial charge in [0.2, 0.25) is 0 Å². The van der Waals surface area contributed by atoms with E-state index in [0.717, 1.165) is 11.1 Å². The van der Waals surface area contributed by atoms with E-state index >= 15 is 0 Å². The number of benzene rings is 2. The summed E-state index contributed by atoms with van der Waals surface area (Å²) < 4.78 is 0. The van der Waals surface area contributed by atoms with Crippen LogP contribution in [0.25, 0.3) is 10.8 Å². The van der Waals surface area contributed by atoms with Gasteiger partial charge < -0.3 is 15.2 Å². The number of hydrogen-bond donors (Lipinski definition) is 2. The molecule has 3 rings (SSSR count). The maximum absolute atomic E-state index is 12.3. The lowest BCUT2D eigenvalue weighted by atomic mass is 10.1. The Bertz CT molecular complexity index is 903. The first-order chi connectivity index (χ1) is 11.6. The van der Waals surface area contributed by atoms with Gasteiger partial charge in [0, 0.05) is 31.2 Å². The van der Waals surface area contributed by atoms with Gasteiger partial charge in [-0.25, -0.2) is 0 Å². The standard InChI is InChI=1S/C19H19N3O2/c1-22(15-8-3-2-4-9-15)12-11-20-19(24)17-13-14-7-5-6-10-16(14)18(23)21-17/h2-10,13H,11-12H2,1H3,(H,20,24)(H,21,23). The van der Waals surface area contributed by atoms with Crippen LogP contribution in [0.15, 0.2) is 65.5 Å². The Hall–Kier alpha value is -3.08. The molecular formula is C19H19N3O2. The maximum atomic E-state index is 12.3. The van der Waals surface area contributed by atoms with Gasteiger partial charge in [-0.05, 0) is 29.7 Å². The van der Waals surface area contributed by atoms with Crippen LogP contribution < -0.4 is 15.8 Å². The highest BCUT2D eigenvalue weighted by molar-refractivity contribution is 5.96. The molecular weight excluding hydrogens is 302 g/mol. The van der Waals surface area contributed by atoms with Crippen molar-refractivity contribution in [3.63, 3.8) is 0 Å². The quantitative estimate of drug-likeness (QED) is 0.758. The van der Waals surface area contributed by atoms with Crippen LogP contribution in [-0.2, 0) is 0 Å². The van der Waals surface area contributed by atoms with Gasteiger partial charge in [-0.2, -0.15) is 0 Å². The van der Waals surface area contributed by atoms with Crippen molar-refractivity contribution < 1.29 is 4.79 Å². The summed E-state index contributed by atoms with van der Waals surface area (Å²) in [5, 5.41) is 4.18. The molecule has 1 heterocycles. The monoisotopic (exact) mass is 321 g/mol. The van der Waals surface area contributed by atoms with E-state index in [1.165, 1.54) is 0 Å². The number of pyridine rings is 1. The molecule has 0 saturated heterocycles. The molecule has 0 unspecified atom stereocenters. The van der Waals surface area contributed by atoms with Crippen molar-refractivity contribution in [1.82, 2.24) is 10.3 Å². The van der Waals surface area contributed by atoms with Gasteiger partial charge in [0.15, 0.2) is 0 Å². The molecule has 0 saturated carbocycles. The molecule has 0 atom stereocenters. The van der Waals surface area contributed by atoms with Crippen LogP contribution in [0, 0.1) is 0 Å². The first-order valence-electron chi connectivity index (χ1n) is 7.81. The number of anilines is 1. The molecule has 0 spiro atoms. The predicted octanol–water partition coefficient (Wildman–Crippen LogP) is 2.39. The molecule has 5 heteroatoms. The lowest BCUT2D eigenvalue weighted by molar-refractivity contribution is 0.0949. The molecule has 5 nitrogen and oxygen atoms in total. The van der Waals surface area contributed by atoms with Crippen LogP contribution in [-0.4, -0.2) is 31.0 Å². The van der Waals surface area contributed by atoms with Crippen molar-refractivity contribution >= 4 is 22.4 Å². The van der Waals surface area contributed by atoms with Gasteiger partial charge in [-0.1, -0.05) is 36.4 Å². The Labute approximate surface area is 139 Å². The number of aromatic amines is 1. The van der Waals surface area contributed by atoms with Gasteiger partial charge in [-0.3, -0.25) is 9.59 Å². The first-order valence-corrected chi connectivity index (χ1v) is 7.81. The Morgan fingerprint density at radius 1 is 1.08 bits per heavy atom. The van der Waals surface area contributed by atoms with Gasteiger partial charge in [0.25, 0.3) is 11.5 Å². The minimum atomic E-state index is -0.278. The van der Waals surface area contributed by atoms with Crippen molar-refractivity contribution in [2.75, 3.05) is 25.0 Å². The number of H-pyrrole nitrogens is 1. The third-order valence-electron chi connectivity index (χ3n) is 3.93. The summed E-state index contributed by atoms with van der Waals surface area (Å²) in [6.07, 6.45) is 0. The van der Waals surface area contributed by atoms with Crippen molar-refractivity contribution in [3.05, 3.63) is 76.7 Å². The van der Waals surface area contributed by atoms with Crippen LogP contribution in [0.2, 0.25) is 0 Å². The zero-order valence-corrected chi connectivity index (χ0v) is 13.5. The topological polar surface area (TPSA) is 65.2 Å². The molecule has 0 fully saturated rings. The average molecular weight is 321 g/mol. The van der Waals surface area contributed by atoms with Gasteiger partial charge in [0.1, 0.15) is 5.69 Å². The van der Waals surface area contributed by atoms with E-state index in [0.29, 0.717) is 18.5 Å². The van der Waals surface area contributed by atoms with E-state index < -0.39 is 0 Å². The maximum Gasteiger partial charge on any atom is 0.267 e. The van der Waals surface area contributed by atoms with E-state index in [1.807, 2.05) is 49.5 Å². The summed E-state index contributed by atoms with van der Waals surface area (Å²) in [4.78, 5) is 29.0. The average Bonchev–Trinajstić information content (AvgIpc) is 2.62. The lowest BCUT2D eigenvalue weighted by Crippen LogP contribution is -2.34.